The molecule has 1 heterocycles. The van der Waals surface area contributed by atoms with Crippen LogP contribution in [0.5, 0.6) is 0 Å². The predicted octanol–water partition coefficient (Wildman–Crippen LogP) is 4.63. The van der Waals surface area contributed by atoms with E-state index in [1.165, 1.54) is 0 Å². The monoisotopic (exact) mass is 399 g/mol. The lowest BCUT2D eigenvalue weighted by molar-refractivity contribution is -0.116. The lowest BCUT2D eigenvalue weighted by Gasteiger charge is -2.12. The highest BCUT2D eigenvalue weighted by atomic mass is 16.2. The Morgan fingerprint density at radius 1 is 0.867 bits per heavy atom. The zero-order valence-electron chi connectivity index (χ0n) is 16.4. The van der Waals surface area contributed by atoms with Crippen molar-refractivity contribution in [2.75, 3.05) is 16.0 Å². The number of nitrogens with zero attached hydrogens (tertiary/aromatic N) is 2. The maximum Gasteiger partial charge on any atom is 0.323 e. The number of aromatic nitrogens is 2. The molecule has 0 bridgehead atoms. The zero-order valence-corrected chi connectivity index (χ0v) is 16.4. The minimum atomic E-state index is -0.356. The van der Waals surface area contributed by atoms with Gasteiger partial charge in [0, 0.05) is 28.6 Å². The van der Waals surface area contributed by atoms with Gasteiger partial charge in [-0.1, -0.05) is 42.5 Å². The van der Waals surface area contributed by atoms with Gasteiger partial charge in [-0.2, -0.15) is 5.10 Å². The van der Waals surface area contributed by atoms with E-state index in [0.29, 0.717) is 17.1 Å². The molecule has 0 radical (unpaired) electrons. The molecule has 0 saturated carbocycles. The first kappa shape index (κ1) is 19.2. The summed E-state index contributed by atoms with van der Waals surface area (Å²) in [5.41, 5.74) is 3.64. The summed E-state index contributed by atoms with van der Waals surface area (Å²) in [4.78, 5) is 24.7. The van der Waals surface area contributed by atoms with Gasteiger partial charge in [-0.15, -0.1) is 0 Å². The number of anilines is 3. The Hall–Kier alpha value is -4.13. The van der Waals surface area contributed by atoms with Crippen molar-refractivity contribution < 1.29 is 9.59 Å². The molecule has 3 N–H and O–H groups in total. The Morgan fingerprint density at radius 2 is 1.60 bits per heavy atom. The molecule has 3 aromatic carbocycles. The van der Waals surface area contributed by atoms with Crippen molar-refractivity contribution in [3.63, 3.8) is 0 Å². The second kappa shape index (κ2) is 8.48. The number of hydrogen-bond acceptors (Lipinski definition) is 3. The van der Waals surface area contributed by atoms with Crippen molar-refractivity contribution in [1.82, 2.24) is 9.78 Å². The number of carbonyl (C=O) groups excluding carboxylic acids is 2. The second-order valence-corrected chi connectivity index (χ2v) is 6.91. The maximum atomic E-state index is 12.5. The third-order valence-corrected chi connectivity index (χ3v) is 4.57. The molecular weight excluding hydrogens is 378 g/mol. The van der Waals surface area contributed by atoms with Crippen LogP contribution >= 0.6 is 0 Å². The molecule has 0 saturated heterocycles. The van der Waals surface area contributed by atoms with E-state index in [-0.39, 0.29) is 18.5 Å². The Balaban J connectivity index is 1.41. The molecule has 3 amide bonds. The van der Waals surface area contributed by atoms with E-state index in [1.54, 1.807) is 28.9 Å². The summed E-state index contributed by atoms with van der Waals surface area (Å²) in [5.74, 6) is -0.197. The quantitative estimate of drug-likeness (QED) is 0.457. The Labute approximate surface area is 173 Å². The molecule has 0 aliphatic carbocycles. The number of urea groups is 1. The maximum absolute atomic E-state index is 12.5. The highest BCUT2D eigenvalue weighted by molar-refractivity contribution is 6.00. The normalized spacial score (nSPS) is 10.6. The number of nitrogens with one attached hydrogen (secondary N) is 3. The number of fused-ring (bicyclic) bond motifs is 1. The standard InChI is InChI=1S/C23H21N5O2/c1-16-11-12-19(25-23(30)24-18-8-3-2-4-9-18)13-21(16)26-22(29)15-28-14-17-7-5-6-10-20(17)27-28/h2-14H,15H2,1H3,(H,26,29)(H2,24,25,30). The van der Waals surface area contributed by atoms with Crippen molar-refractivity contribution in [1.29, 1.82) is 0 Å². The van der Waals surface area contributed by atoms with Crippen LogP contribution in [-0.4, -0.2) is 21.7 Å². The van der Waals surface area contributed by atoms with E-state index in [0.717, 1.165) is 16.5 Å². The molecule has 7 heteroatoms. The van der Waals surface area contributed by atoms with Crippen molar-refractivity contribution in [2.24, 2.45) is 0 Å². The van der Waals surface area contributed by atoms with Crippen LogP contribution in [0, 0.1) is 6.92 Å². The highest BCUT2D eigenvalue weighted by Gasteiger charge is 2.10. The lowest BCUT2D eigenvalue weighted by atomic mass is 10.1. The average molecular weight is 399 g/mol. The number of benzene rings is 3. The zero-order chi connectivity index (χ0) is 20.9. The summed E-state index contributed by atoms with van der Waals surface area (Å²) < 4.78 is 1.62. The van der Waals surface area contributed by atoms with Gasteiger partial charge < -0.3 is 16.0 Å². The molecule has 7 nitrogen and oxygen atoms in total. The van der Waals surface area contributed by atoms with Gasteiger partial charge in [-0.3, -0.25) is 9.48 Å². The minimum absolute atomic E-state index is 0.0975. The summed E-state index contributed by atoms with van der Waals surface area (Å²) in [7, 11) is 0. The van der Waals surface area contributed by atoms with Gasteiger partial charge in [0.05, 0.1) is 5.52 Å². The van der Waals surface area contributed by atoms with Crippen LogP contribution in [0.2, 0.25) is 0 Å². The summed E-state index contributed by atoms with van der Waals surface area (Å²) >= 11 is 0. The van der Waals surface area contributed by atoms with Gasteiger partial charge in [0.2, 0.25) is 5.91 Å². The molecule has 1 aromatic heterocycles. The minimum Gasteiger partial charge on any atom is -0.324 e. The van der Waals surface area contributed by atoms with Gasteiger partial charge in [-0.05, 0) is 42.8 Å². The molecule has 0 atom stereocenters. The fraction of sp³-hybridized carbons (Fsp3) is 0.0870. The van der Waals surface area contributed by atoms with Gasteiger partial charge in [-0.25, -0.2) is 4.79 Å². The molecule has 0 fully saturated rings. The Morgan fingerprint density at radius 3 is 2.40 bits per heavy atom. The van der Waals surface area contributed by atoms with E-state index >= 15 is 0 Å². The number of aryl methyl sites for hydroxylation is 1. The molecule has 0 aliphatic heterocycles. The summed E-state index contributed by atoms with van der Waals surface area (Å²) in [6, 6.07) is 21.9. The molecule has 0 aliphatic rings. The summed E-state index contributed by atoms with van der Waals surface area (Å²) in [6.07, 6.45) is 1.84. The van der Waals surface area contributed by atoms with Gasteiger partial charge in [0.25, 0.3) is 0 Å². The van der Waals surface area contributed by atoms with Crippen LogP contribution < -0.4 is 16.0 Å². The van der Waals surface area contributed by atoms with Crippen molar-refractivity contribution in [3.8, 4) is 0 Å². The van der Waals surface area contributed by atoms with Crippen LogP contribution in [0.15, 0.2) is 79.0 Å². The fourth-order valence-electron chi connectivity index (χ4n) is 3.08. The summed E-state index contributed by atoms with van der Waals surface area (Å²) in [6.45, 7) is 1.99. The molecule has 0 spiro atoms. The average Bonchev–Trinajstić information content (AvgIpc) is 3.13. The SMILES string of the molecule is Cc1ccc(NC(=O)Nc2ccccc2)cc1NC(=O)Cn1cc2ccccc2n1. The molecule has 4 rings (SSSR count). The smallest absolute Gasteiger partial charge is 0.323 e. The number of rotatable bonds is 5. The molecule has 0 unspecified atom stereocenters. The van der Waals surface area contributed by atoms with Gasteiger partial charge in [0.1, 0.15) is 6.54 Å². The van der Waals surface area contributed by atoms with E-state index in [4.69, 9.17) is 0 Å². The highest BCUT2D eigenvalue weighted by Crippen LogP contribution is 2.21. The third-order valence-electron chi connectivity index (χ3n) is 4.57. The van der Waals surface area contributed by atoms with Crippen molar-refractivity contribution in [2.45, 2.75) is 13.5 Å². The van der Waals surface area contributed by atoms with E-state index < -0.39 is 0 Å². The Bertz CT molecular complexity index is 1170. The Kier molecular flexibility index (Phi) is 5.43. The van der Waals surface area contributed by atoms with Crippen LogP contribution in [0.4, 0.5) is 21.9 Å². The molecular formula is C23H21N5O2. The first-order valence-electron chi connectivity index (χ1n) is 9.52. The van der Waals surface area contributed by atoms with E-state index in [9.17, 15) is 9.59 Å². The second-order valence-electron chi connectivity index (χ2n) is 6.91. The fourth-order valence-corrected chi connectivity index (χ4v) is 3.08. The van der Waals surface area contributed by atoms with Crippen LogP contribution in [-0.2, 0) is 11.3 Å². The third kappa shape index (κ3) is 4.64. The largest absolute Gasteiger partial charge is 0.324 e. The van der Waals surface area contributed by atoms with Crippen molar-refractivity contribution >= 4 is 39.9 Å². The van der Waals surface area contributed by atoms with Crippen LogP contribution in [0.25, 0.3) is 10.9 Å². The molecule has 30 heavy (non-hydrogen) atoms. The molecule has 4 aromatic rings. The first-order chi connectivity index (χ1) is 14.6. The van der Waals surface area contributed by atoms with Crippen molar-refractivity contribution in [3.05, 3.63) is 84.6 Å². The number of amides is 3. The van der Waals surface area contributed by atoms with Crippen LogP contribution in [0.3, 0.4) is 0 Å². The van der Waals surface area contributed by atoms with E-state index in [1.807, 2.05) is 61.7 Å². The molecule has 150 valence electrons. The van der Waals surface area contributed by atoms with Crippen LogP contribution in [0.1, 0.15) is 5.56 Å². The topological polar surface area (TPSA) is 88.0 Å². The van der Waals surface area contributed by atoms with E-state index in [2.05, 4.69) is 21.0 Å². The number of carbonyl (C=O) groups is 2. The number of para-hydroxylation sites is 1. The summed E-state index contributed by atoms with van der Waals surface area (Å²) in [5, 5.41) is 13.8. The predicted molar refractivity (Wildman–Crippen MR) is 119 cm³/mol. The number of hydrogen-bond donors (Lipinski definition) is 3. The van der Waals surface area contributed by atoms with Gasteiger partial charge in [0.15, 0.2) is 0 Å². The lowest BCUT2D eigenvalue weighted by Crippen LogP contribution is -2.21. The first-order valence-corrected chi connectivity index (χ1v) is 9.52. The van der Waals surface area contributed by atoms with Gasteiger partial charge >= 0.3 is 6.03 Å².